The molecule has 152 valence electrons. The maximum Gasteiger partial charge on any atom is 0.195 e. The van der Waals surface area contributed by atoms with Crippen molar-refractivity contribution in [3.63, 3.8) is 0 Å². The summed E-state index contributed by atoms with van der Waals surface area (Å²) in [6.45, 7) is 1.77. The van der Waals surface area contributed by atoms with Crippen molar-refractivity contribution in [2.75, 3.05) is 23.3 Å². The lowest BCUT2D eigenvalue weighted by Gasteiger charge is -2.42. The molecule has 3 aromatic carbocycles. The first-order valence-electron chi connectivity index (χ1n) is 10.9. The van der Waals surface area contributed by atoms with E-state index in [1.807, 2.05) is 30.3 Å². The summed E-state index contributed by atoms with van der Waals surface area (Å²) in [6, 6.07) is 28.1. The lowest BCUT2D eigenvalue weighted by atomic mass is 10.0. The van der Waals surface area contributed by atoms with E-state index in [0.29, 0.717) is 12.0 Å². The monoisotopic (exact) mass is 396 g/mol. The molecule has 1 fully saturated rings. The molecule has 2 N–H and O–H groups in total. The number of rotatable bonds is 2. The second-order valence-corrected chi connectivity index (χ2v) is 8.21. The lowest BCUT2D eigenvalue weighted by molar-refractivity contribution is 0.305. The zero-order valence-electron chi connectivity index (χ0n) is 17.2. The van der Waals surface area contributed by atoms with Crippen molar-refractivity contribution in [3.05, 3.63) is 90.0 Å². The third kappa shape index (κ3) is 3.65. The second-order valence-electron chi connectivity index (χ2n) is 8.21. The van der Waals surface area contributed by atoms with E-state index in [2.05, 4.69) is 63.6 Å². The van der Waals surface area contributed by atoms with Crippen molar-refractivity contribution in [1.82, 2.24) is 4.90 Å². The van der Waals surface area contributed by atoms with Crippen LogP contribution in [-0.2, 0) is 12.8 Å². The Morgan fingerprint density at radius 2 is 1.40 bits per heavy atom. The Morgan fingerprint density at radius 3 is 2.07 bits per heavy atom. The van der Waals surface area contributed by atoms with Crippen LogP contribution in [0.25, 0.3) is 0 Å². The highest BCUT2D eigenvalue weighted by molar-refractivity contribution is 5.91. The van der Waals surface area contributed by atoms with Crippen molar-refractivity contribution < 1.29 is 0 Å². The van der Waals surface area contributed by atoms with E-state index in [9.17, 15) is 0 Å². The summed E-state index contributed by atoms with van der Waals surface area (Å²) in [5.41, 5.74) is 6.47. The number of nitrogens with one attached hydrogen (secondary N) is 2. The minimum atomic E-state index is 0.345. The van der Waals surface area contributed by atoms with Crippen LogP contribution in [0.15, 0.2) is 78.9 Å². The van der Waals surface area contributed by atoms with Crippen LogP contribution in [0, 0.1) is 5.41 Å². The van der Waals surface area contributed by atoms with Gasteiger partial charge in [-0.05, 0) is 61.1 Å². The Kier molecular flexibility index (Phi) is 5.14. The predicted octanol–water partition coefficient (Wildman–Crippen LogP) is 5.43. The number of hydrogen-bond acceptors (Lipinski definition) is 2. The molecule has 4 nitrogen and oxygen atoms in total. The van der Waals surface area contributed by atoms with E-state index in [-0.39, 0.29) is 0 Å². The Labute approximate surface area is 178 Å². The summed E-state index contributed by atoms with van der Waals surface area (Å²) in [6.07, 6.45) is 4.37. The minimum Gasteiger partial charge on any atom is -0.341 e. The second kappa shape index (κ2) is 8.23. The summed E-state index contributed by atoms with van der Waals surface area (Å²) >= 11 is 0. The van der Waals surface area contributed by atoms with Gasteiger partial charge in [0.15, 0.2) is 5.96 Å². The molecule has 2 heterocycles. The fraction of sp³-hybridized carbons (Fsp3) is 0.269. The molecule has 4 heteroatoms. The van der Waals surface area contributed by atoms with Crippen molar-refractivity contribution in [3.8, 4) is 0 Å². The third-order valence-electron chi connectivity index (χ3n) is 6.28. The molecule has 1 saturated heterocycles. The molecular formula is C26H28N4. The van der Waals surface area contributed by atoms with Crippen LogP contribution >= 0.6 is 0 Å². The molecule has 0 radical (unpaired) electrons. The van der Waals surface area contributed by atoms with E-state index in [1.165, 1.54) is 22.5 Å². The average molecular weight is 397 g/mol. The van der Waals surface area contributed by atoms with Crippen molar-refractivity contribution in [2.45, 2.75) is 31.7 Å². The highest BCUT2D eigenvalue weighted by Crippen LogP contribution is 2.39. The SMILES string of the molecule is N=C(Nc1ccccc1)N1CCCC(N2c3ccccc3CCc3ccccc32)C1. The van der Waals surface area contributed by atoms with Gasteiger partial charge in [0.25, 0.3) is 0 Å². The molecule has 2 aliphatic rings. The smallest absolute Gasteiger partial charge is 0.195 e. The van der Waals surface area contributed by atoms with Gasteiger partial charge in [-0.2, -0.15) is 0 Å². The molecule has 2 aliphatic heterocycles. The van der Waals surface area contributed by atoms with Gasteiger partial charge in [-0.1, -0.05) is 54.6 Å². The minimum absolute atomic E-state index is 0.345. The predicted molar refractivity (Wildman–Crippen MR) is 125 cm³/mol. The molecule has 0 aliphatic carbocycles. The van der Waals surface area contributed by atoms with Gasteiger partial charge in [-0.3, -0.25) is 5.41 Å². The zero-order valence-corrected chi connectivity index (χ0v) is 17.2. The Morgan fingerprint density at radius 1 is 0.800 bits per heavy atom. The number of benzene rings is 3. The molecule has 3 aromatic rings. The molecule has 30 heavy (non-hydrogen) atoms. The van der Waals surface area contributed by atoms with Gasteiger partial charge in [0.05, 0.1) is 6.04 Å². The van der Waals surface area contributed by atoms with Crippen molar-refractivity contribution in [2.24, 2.45) is 0 Å². The maximum absolute atomic E-state index is 8.65. The quantitative estimate of drug-likeness (QED) is 0.448. The largest absolute Gasteiger partial charge is 0.341 e. The first kappa shape index (κ1) is 18.7. The number of hydrogen-bond donors (Lipinski definition) is 2. The summed E-state index contributed by atoms with van der Waals surface area (Å²) < 4.78 is 0. The van der Waals surface area contributed by atoms with Gasteiger partial charge in [0.2, 0.25) is 0 Å². The fourth-order valence-corrected chi connectivity index (χ4v) is 4.81. The fourth-order valence-electron chi connectivity index (χ4n) is 4.81. The van der Waals surface area contributed by atoms with Crippen LogP contribution in [0.2, 0.25) is 0 Å². The highest BCUT2D eigenvalue weighted by Gasteiger charge is 2.31. The van der Waals surface area contributed by atoms with Crippen LogP contribution in [0.5, 0.6) is 0 Å². The summed E-state index contributed by atoms with van der Waals surface area (Å²) in [5, 5.41) is 11.9. The van der Waals surface area contributed by atoms with Gasteiger partial charge in [0.1, 0.15) is 0 Å². The average Bonchev–Trinajstić information content (AvgIpc) is 2.97. The summed E-state index contributed by atoms with van der Waals surface area (Å²) in [4.78, 5) is 4.75. The maximum atomic E-state index is 8.65. The normalized spacial score (nSPS) is 18.2. The van der Waals surface area contributed by atoms with Crippen LogP contribution in [0.1, 0.15) is 24.0 Å². The van der Waals surface area contributed by atoms with Gasteiger partial charge < -0.3 is 15.1 Å². The number of likely N-dealkylation sites (tertiary alicyclic amines) is 1. The number of guanidine groups is 1. The van der Waals surface area contributed by atoms with E-state index in [0.717, 1.165) is 44.5 Å². The molecular weight excluding hydrogens is 368 g/mol. The van der Waals surface area contributed by atoms with Crippen LogP contribution < -0.4 is 10.2 Å². The molecule has 0 amide bonds. The third-order valence-corrected chi connectivity index (χ3v) is 6.28. The first-order valence-corrected chi connectivity index (χ1v) is 10.9. The topological polar surface area (TPSA) is 42.4 Å². The molecule has 5 rings (SSSR count). The Balaban J connectivity index is 1.44. The number of fused-ring (bicyclic) bond motifs is 2. The molecule has 0 spiro atoms. The van der Waals surface area contributed by atoms with Gasteiger partial charge in [-0.25, -0.2) is 0 Å². The number of piperidine rings is 1. The molecule has 0 bridgehead atoms. The van der Waals surface area contributed by atoms with Gasteiger partial charge in [0, 0.05) is 30.2 Å². The van der Waals surface area contributed by atoms with Crippen LogP contribution in [0.4, 0.5) is 17.1 Å². The lowest BCUT2D eigenvalue weighted by Crippen LogP contribution is -2.50. The number of nitrogens with zero attached hydrogens (tertiary/aromatic N) is 2. The van der Waals surface area contributed by atoms with Crippen molar-refractivity contribution in [1.29, 1.82) is 5.41 Å². The Hall–Kier alpha value is -3.27. The molecule has 0 saturated carbocycles. The van der Waals surface area contributed by atoms with Crippen LogP contribution in [0.3, 0.4) is 0 Å². The number of aryl methyl sites for hydroxylation is 2. The zero-order chi connectivity index (χ0) is 20.3. The molecule has 1 atom stereocenters. The number of para-hydroxylation sites is 3. The van der Waals surface area contributed by atoms with E-state index >= 15 is 0 Å². The van der Waals surface area contributed by atoms with Gasteiger partial charge >= 0.3 is 0 Å². The van der Waals surface area contributed by atoms with E-state index in [1.54, 1.807) is 0 Å². The molecule has 1 unspecified atom stereocenters. The Bertz CT molecular complexity index is 982. The highest BCUT2D eigenvalue weighted by atomic mass is 15.3. The summed E-state index contributed by atoms with van der Waals surface area (Å²) in [5.74, 6) is 0.488. The van der Waals surface area contributed by atoms with Crippen molar-refractivity contribution >= 4 is 23.0 Å². The standard InChI is InChI=1S/C26H28N4/c27-26(28-22-11-2-1-3-12-22)29-18-8-13-23(19-29)30-24-14-6-4-9-20(24)16-17-21-10-5-7-15-25(21)30/h1-7,9-12,14-15,23H,8,13,16-19H2,(H2,27,28). The van der Waals surface area contributed by atoms with Crippen LogP contribution in [-0.4, -0.2) is 30.0 Å². The molecule has 0 aromatic heterocycles. The summed E-state index contributed by atoms with van der Waals surface area (Å²) in [7, 11) is 0. The van der Waals surface area contributed by atoms with E-state index < -0.39 is 0 Å². The van der Waals surface area contributed by atoms with Gasteiger partial charge in [-0.15, -0.1) is 0 Å². The first-order chi connectivity index (χ1) is 14.8. The number of anilines is 3. The van der Waals surface area contributed by atoms with E-state index in [4.69, 9.17) is 5.41 Å².